The van der Waals surface area contributed by atoms with Gasteiger partial charge in [-0.3, -0.25) is 0 Å². The van der Waals surface area contributed by atoms with E-state index in [1.807, 2.05) is 18.8 Å². The van der Waals surface area contributed by atoms with Crippen molar-refractivity contribution < 1.29 is 0 Å². The minimum atomic E-state index is 0.910. The Morgan fingerprint density at radius 3 is 2.75 bits per heavy atom. The summed E-state index contributed by atoms with van der Waals surface area (Å²) < 4.78 is 1.17. The van der Waals surface area contributed by atoms with Crippen LogP contribution in [-0.2, 0) is 6.54 Å². The smallest absolute Gasteiger partial charge is 0.0508 e. The molecule has 2 nitrogen and oxygen atoms in total. The Kier molecular flexibility index (Phi) is 6.24. The van der Waals surface area contributed by atoms with E-state index in [4.69, 9.17) is 0 Å². The van der Waals surface area contributed by atoms with Crippen molar-refractivity contribution in [3.63, 3.8) is 0 Å². The molecule has 0 saturated carbocycles. The molecule has 0 heterocycles. The first-order chi connectivity index (χ1) is 7.69. The molecule has 16 heavy (non-hydrogen) atoms. The molecular weight excluding hydrogens is 284 g/mol. The average molecular weight is 303 g/mol. The van der Waals surface area contributed by atoms with E-state index in [1.165, 1.54) is 15.7 Å². The summed E-state index contributed by atoms with van der Waals surface area (Å²) in [5.74, 6) is 1.15. The highest BCUT2D eigenvalue weighted by Crippen LogP contribution is 2.26. The molecule has 0 spiro atoms. The van der Waals surface area contributed by atoms with E-state index in [9.17, 15) is 0 Å². The highest BCUT2D eigenvalue weighted by Gasteiger charge is 2.05. The second-order valence-electron chi connectivity index (χ2n) is 3.73. The van der Waals surface area contributed by atoms with Crippen molar-refractivity contribution in [2.75, 3.05) is 37.5 Å². The first kappa shape index (κ1) is 13.9. The molecule has 0 saturated heterocycles. The largest absolute Gasteiger partial charge is 0.373 e. The van der Waals surface area contributed by atoms with Crippen LogP contribution in [0, 0.1) is 0 Å². The van der Waals surface area contributed by atoms with Crippen LogP contribution in [0.3, 0.4) is 0 Å². The van der Waals surface area contributed by atoms with Gasteiger partial charge in [0.1, 0.15) is 0 Å². The highest BCUT2D eigenvalue weighted by molar-refractivity contribution is 9.10. The maximum Gasteiger partial charge on any atom is 0.0508 e. The van der Waals surface area contributed by atoms with Crippen LogP contribution in [0.1, 0.15) is 5.56 Å². The fourth-order valence-electron chi connectivity index (χ4n) is 1.52. The van der Waals surface area contributed by atoms with Gasteiger partial charge in [0.15, 0.2) is 0 Å². The van der Waals surface area contributed by atoms with Crippen molar-refractivity contribution in [1.82, 2.24) is 5.32 Å². The van der Waals surface area contributed by atoms with Crippen molar-refractivity contribution in [2.45, 2.75) is 6.54 Å². The van der Waals surface area contributed by atoms with Crippen molar-refractivity contribution >= 4 is 33.4 Å². The summed E-state index contributed by atoms with van der Waals surface area (Å²) in [5, 5.41) is 3.16. The first-order valence-corrected chi connectivity index (χ1v) is 7.50. The normalized spacial score (nSPS) is 10.5. The molecule has 90 valence electrons. The molecule has 1 aromatic rings. The Morgan fingerprint density at radius 2 is 2.19 bits per heavy atom. The van der Waals surface area contributed by atoms with E-state index in [2.05, 4.69) is 57.6 Å². The van der Waals surface area contributed by atoms with Crippen LogP contribution < -0.4 is 10.2 Å². The van der Waals surface area contributed by atoms with E-state index >= 15 is 0 Å². The van der Waals surface area contributed by atoms with Crippen molar-refractivity contribution in [1.29, 1.82) is 0 Å². The molecule has 0 aromatic heterocycles. The molecule has 1 N–H and O–H groups in total. The lowest BCUT2D eigenvalue weighted by Gasteiger charge is -2.20. The number of thioether (sulfide) groups is 1. The van der Waals surface area contributed by atoms with Crippen LogP contribution in [0.4, 0.5) is 5.69 Å². The predicted molar refractivity (Wildman–Crippen MR) is 78.6 cm³/mol. The minimum absolute atomic E-state index is 0.910. The molecule has 0 amide bonds. The van der Waals surface area contributed by atoms with Gasteiger partial charge < -0.3 is 10.2 Å². The van der Waals surface area contributed by atoms with Crippen molar-refractivity contribution in [2.24, 2.45) is 0 Å². The lowest BCUT2D eigenvalue weighted by atomic mass is 10.2. The summed E-state index contributed by atoms with van der Waals surface area (Å²) >= 11 is 5.51. The SMILES string of the molecule is CNCc1ccc(N(C)CCSC)c(Br)c1. The van der Waals surface area contributed by atoms with E-state index < -0.39 is 0 Å². The van der Waals surface area contributed by atoms with Gasteiger partial charge in [-0.2, -0.15) is 11.8 Å². The first-order valence-electron chi connectivity index (χ1n) is 5.32. The summed E-state index contributed by atoms with van der Waals surface area (Å²) in [5.41, 5.74) is 2.56. The van der Waals surface area contributed by atoms with E-state index in [0.717, 1.165) is 18.8 Å². The van der Waals surface area contributed by atoms with E-state index in [0.29, 0.717) is 0 Å². The van der Waals surface area contributed by atoms with Crippen LogP contribution >= 0.6 is 27.7 Å². The van der Waals surface area contributed by atoms with Crippen LogP contribution in [0.5, 0.6) is 0 Å². The molecule has 0 aliphatic heterocycles. The quantitative estimate of drug-likeness (QED) is 0.870. The molecular formula is C12H19BrN2S. The molecule has 0 radical (unpaired) electrons. The number of hydrogen-bond donors (Lipinski definition) is 1. The molecule has 0 aliphatic carbocycles. The van der Waals surface area contributed by atoms with Gasteiger partial charge in [-0.25, -0.2) is 0 Å². The molecule has 0 aliphatic rings. The molecule has 0 bridgehead atoms. The third-order valence-corrected chi connectivity index (χ3v) is 3.66. The number of hydrogen-bond acceptors (Lipinski definition) is 3. The van der Waals surface area contributed by atoms with Gasteiger partial charge >= 0.3 is 0 Å². The number of benzene rings is 1. The molecule has 0 fully saturated rings. The molecule has 0 unspecified atom stereocenters. The number of nitrogens with one attached hydrogen (secondary N) is 1. The second kappa shape index (κ2) is 7.20. The van der Waals surface area contributed by atoms with E-state index in [-0.39, 0.29) is 0 Å². The van der Waals surface area contributed by atoms with Gasteiger partial charge in [0.2, 0.25) is 0 Å². The lowest BCUT2D eigenvalue weighted by Crippen LogP contribution is -2.20. The Morgan fingerprint density at radius 1 is 1.44 bits per heavy atom. The molecule has 1 aromatic carbocycles. The average Bonchev–Trinajstić information content (AvgIpc) is 2.26. The van der Waals surface area contributed by atoms with Crippen LogP contribution in [0.25, 0.3) is 0 Å². The van der Waals surface area contributed by atoms with Gasteiger partial charge in [0.05, 0.1) is 5.69 Å². The summed E-state index contributed by atoms with van der Waals surface area (Å²) in [4.78, 5) is 2.28. The second-order valence-corrected chi connectivity index (χ2v) is 5.57. The Hall–Kier alpha value is -0.190. The topological polar surface area (TPSA) is 15.3 Å². The molecule has 0 atom stereocenters. The number of anilines is 1. The summed E-state index contributed by atoms with van der Waals surface area (Å²) in [6.45, 7) is 1.98. The van der Waals surface area contributed by atoms with Crippen LogP contribution in [-0.4, -0.2) is 32.6 Å². The monoisotopic (exact) mass is 302 g/mol. The Labute approximate surface area is 111 Å². The maximum atomic E-state index is 3.63. The van der Waals surface area contributed by atoms with E-state index in [1.54, 1.807) is 0 Å². The fraction of sp³-hybridized carbons (Fsp3) is 0.500. The number of nitrogens with zero attached hydrogens (tertiary/aromatic N) is 1. The van der Waals surface area contributed by atoms with Gasteiger partial charge in [0.25, 0.3) is 0 Å². The van der Waals surface area contributed by atoms with Gasteiger partial charge in [-0.1, -0.05) is 6.07 Å². The van der Waals surface area contributed by atoms with Gasteiger partial charge in [0, 0.05) is 30.4 Å². The summed E-state index contributed by atoms with van der Waals surface area (Å²) in [6, 6.07) is 6.53. The summed E-state index contributed by atoms with van der Waals surface area (Å²) in [7, 11) is 4.10. The third kappa shape index (κ3) is 4.00. The fourth-order valence-corrected chi connectivity index (χ4v) is 2.71. The zero-order valence-electron chi connectivity index (χ0n) is 10.1. The van der Waals surface area contributed by atoms with Crippen LogP contribution in [0.2, 0.25) is 0 Å². The third-order valence-electron chi connectivity index (χ3n) is 2.44. The van der Waals surface area contributed by atoms with Crippen molar-refractivity contribution in [3.05, 3.63) is 28.2 Å². The minimum Gasteiger partial charge on any atom is -0.373 e. The summed E-state index contributed by atoms with van der Waals surface area (Å²) in [6.07, 6.45) is 2.14. The predicted octanol–water partition coefficient (Wildman–Crippen LogP) is 2.97. The maximum absolute atomic E-state index is 3.63. The number of halogens is 1. The standard InChI is InChI=1S/C12H19BrN2S/c1-14-9-10-4-5-12(11(13)8-10)15(2)6-7-16-3/h4-5,8,14H,6-7,9H2,1-3H3. The zero-order chi connectivity index (χ0) is 12.0. The van der Waals surface area contributed by atoms with Gasteiger partial charge in [-0.05, 0) is 46.9 Å². The van der Waals surface area contributed by atoms with Crippen molar-refractivity contribution in [3.8, 4) is 0 Å². The lowest BCUT2D eigenvalue weighted by molar-refractivity contribution is 0.817. The number of rotatable bonds is 6. The molecule has 1 rings (SSSR count). The zero-order valence-corrected chi connectivity index (χ0v) is 12.5. The highest BCUT2D eigenvalue weighted by atomic mass is 79.9. The van der Waals surface area contributed by atoms with Gasteiger partial charge in [-0.15, -0.1) is 0 Å². The van der Waals surface area contributed by atoms with Crippen LogP contribution in [0.15, 0.2) is 22.7 Å². The Bertz CT molecular complexity index is 331. The molecule has 4 heteroatoms. The Balaban J connectivity index is 2.73.